The molecule has 1 amide bonds. The predicted octanol–water partition coefficient (Wildman–Crippen LogP) is 3.68. The second-order valence-electron chi connectivity index (χ2n) is 7.16. The fraction of sp³-hybridized carbons (Fsp3) is 0.208. The van der Waals surface area contributed by atoms with E-state index in [0.29, 0.717) is 19.5 Å². The summed E-state index contributed by atoms with van der Waals surface area (Å²) >= 11 is 4.40. The van der Waals surface area contributed by atoms with Gasteiger partial charge in [-0.2, -0.15) is 0 Å². The van der Waals surface area contributed by atoms with E-state index in [4.69, 9.17) is 5.73 Å². The Balaban J connectivity index is 2.10. The number of rotatable bonds is 9. The summed E-state index contributed by atoms with van der Waals surface area (Å²) < 4.78 is 0. The summed E-state index contributed by atoms with van der Waals surface area (Å²) in [5, 5.41) is 3.79. The molecular formula is C24H28BrN2OP. The van der Waals surface area contributed by atoms with Crippen LogP contribution in [0.2, 0.25) is 0 Å². The van der Waals surface area contributed by atoms with Crippen molar-refractivity contribution in [2.24, 2.45) is 5.73 Å². The van der Waals surface area contributed by atoms with Gasteiger partial charge in [-0.25, -0.2) is 0 Å². The third kappa shape index (κ3) is 4.45. The Labute approximate surface area is 181 Å². The molecule has 3 N–H and O–H groups in total. The van der Waals surface area contributed by atoms with Crippen LogP contribution in [0.1, 0.15) is 12.8 Å². The number of nitrogens with one attached hydrogen (secondary N) is 1. The molecule has 152 valence electrons. The summed E-state index contributed by atoms with van der Waals surface area (Å²) in [6.45, 7) is 0.981. The molecule has 3 rings (SSSR count). The molecule has 3 nitrogen and oxygen atoms in total. The molecule has 0 unspecified atom stereocenters. The van der Waals surface area contributed by atoms with Gasteiger partial charge in [-0.15, -0.1) is 0 Å². The molecule has 0 saturated heterocycles. The first-order valence-electron chi connectivity index (χ1n) is 9.96. The summed E-state index contributed by atoms with van der Waals surface area (Å²) in [5.41, 5.74) is 5.51. The van der Waals surface area contributed by atoms with E-state index in [-0.39, 0.29) is 5.91 Å². The van der Waals surface area contributed by atoms with Gasteiger partial charge in [0, 0.05) is 0 Å². The van der Waals surface area contributed by atoms with Gasteiger partial charge >= 0.3 is 182 Å². The normalized spacial score (nSPS) is 12.7. The van der Waals surface area contributed by atoms with Crippen molar-refractivity contribution >= 4 is 42.6 Å². The summed E-state index contributed by atoms with van der Waals surface area (Å²) in [5.74, 6) is 0.0576. The van der Waals surface area contributed by atoms with Gasteiger partial charge in [0.15, 0.2) is 0 Å². The van der Waals surface area contributed by atoms with Crippen LogP contribution in [0, 0.1) is 0 Å². The van der Waals surface area contributed by atoms with Crippen LogP contribution in [0.4, 0.5) is 0 Å². The fourth-order valence-corrected chi connectivity index (χ4v) is 11.6. The van der Waals surface area contributed by atoms with Crippen molar-refractivity contribution in [2.45, 2.75) is 12.8 Å². The molecule has 0 saturated carbocycles. The van der Waals surface area contributed by atoms with Gasteiger partial charge in [0.2, 0.25) is 0 Å². The minimum absolute atomic E-state index is 0.0576. The number of hydrogen-bond donors (Lipinski definition) is 2. The number of hydrogen-bond acceptors (Lipinski definition) is 2. The Morgan fingerprint density at radius 2 is 1.21 bits per heavy atom. The molecule has 3 aromatic carbocycles. The number of amides is 1. The molecule has 0 aliphatic carbocycles. The minimum atomic E-state index is -2.93. The monoisotopic (exact) mass is 470 g/mol. The van der Waals surface area contributed by atoms with E-state index < -0.39 is 5.31 Å². The van der Waals surface area contributed by atoms with Crippen LogP contribution in [0.15, 0.2) is 91.0 Å². The molecule has 5 heteroatoms. The van der Waals surface area contributed by atoms with E-state index >= 15 is 0 Å². The molecule has 0 heterocycles. The Morgan fingerprint density at radius 1 is 0.793 bits per heavy atom. The van der Waals surface area contributed by atoms with Crippen LogP contribution in [0.5, 0.6) is 0 Å². The first kappa shape index (κ1) is 21.7. The SMILES string of the molecule is NCCNC(=O)CCCP(Br)(c1ccccc1)(c1ccccc1)c1ccccc1. The predicted molar refractivity (Wildman–Crippen MR) is 130 cm³/mol. The van der Waals surface area contributed by atoms with Gasteiger partial charge < -0.3 is 0 Å². The van der Waals surface area contributed by atoms with Crippen LogP contribution in [-0.2, 0) is 4.79 Å². The second kappa shape index (κ2) is 9.67. The van der Waals surface area contributed by atoms with E-state index in [1.54, 1.807) is 0 Å². The van der Waals surface area contributed by atoms with Gasteiger partial charge in [0.1, 0.15) is 0 Å². The number of nitrogens with two attached hydrogens (primary N) is 1. The molecule has 0 atom stereocenters. The third-order valence-corrected chi connectivity index (χ3v) is 15.4. The van der Waals surface area contributed by atoms with Crippen molar-refractivity contribution in [2.75, 3.05) is 19.3 Å². The third-order valence-electron chi connectivity index (χ3n) is 5.33. The van der Waals surface area contributed by atoms with Crippen molar-refractivity contribution in [1.29, 1.82) is 0 Å². The Morgan fingerprint density at radius 3 is 1.59 bits per heavy atom. The van der Waals surface area contributed by atoms with Gasteiger partial charge in [-0.3, -0.25) is 0 Å². The van der Waals surface area contributed by atoms with Crippen molar-refractivity contribution in [3.63, 3.8) is 0 Å². The van der Waals surface area contributed by atoms with Crippen LogP contribution < -0.4 is 27.0 Å². The summed E-state index contributed by atoms with van der Waals surface area (Å²) in [6.07, 6.45) is 2.12. The molecule has 0 radical (unpaired) electrons. The van der Waals surface area contributed by atoms with E-state index in [2.05, 4.69) is 93.6 Å². The number of carbonyl (C=O) groups is 1. The Hall–Kier alpha value is -2.00. The van der Waals surface area contributed by atoms with Crippen molar-refractivity contribution in [3.05, 3.63) is 91.0 Å². The number of halogens is 1. The fourth-order valence-electron chi connectivity index (χ4n) is 3.89. The quantitative estimate of drug-likeness (QED) is 0.468. The van der Waals surface area contributed by atoms with E-state index in [1.807, 2.05) is 18.2 Å². The zero-order chi connectivity index (χ0) is 20.6. The molecular weight excluding hydrogens is 443 g/mol. The van der Waals surface area contributed by atoms with Crippen LogP contribution in [0.3, 0.4) is 0 Å². The van der Waals surface area contributed by atoms with E-state index in [1.165, 1.54) is 15.9 Å². The van der Waals surface area contributed by atoms with Gasteiger partial charge in [0.25, 0.3) is 0 Å². The first-order valence-corrected chi connectivity index (χ1v) is 14.4. The van der Waals surface area contributed by atoms with Crippen LogP contribution in [-0.4, -0.2) is 25.2 Å². The van der Waals surface area contributed by atoms with Gasteiger partial charge in [0.05, 0.1) is 0 Å². The average Bonchev–Trinajstić information content (AvgIpc) is 2.79. The molecule has 0 aromatic heterocycles. The second-order valence-corrected chi connectivity index (χ2v) is 16.2. The standard InChI is InChI=1S/C24H28BrN2OP/c25-29(21-11-4-1-5-12-21,22-13-6-2-7-14-22,23-15-8-3-9-16-23)20-10-17-24(28)27-19-18-26/h1-9,11-16H,10,17-20,26H2,(H,27,28). The zero-order valence-corrected chi connectivity index (χ0v) is 19.0. The van der Waals surface area contributed by atoms with E-state index in [0.717, 1.165) is 12.6 Å². The molecule has 3 aromatic rings. The number of benzene rings is 3. The molecule has 0 aliphatic rings. The van der Waals surface area contributed by atoms with Crippen LogP contribution >= 0.6 is 20.8 Å². The molecule has 29 heavy (non-hydrogen) atoms. The summed E-state index contributed by atoms with van der Waals surface area (Å²) in [6, 6.07) is 32.0. The zero-order valence-electron chi connectivity index (χ0n) is 16.5. The molecule has 0 aliphatic heterocycles. The maximum absolute atomic E-state index is 12.2. The summed E-state index contributed by atoms with van der Waals surface area (Å²) in [4.78, 5) is 12.2. The molecule has 0 bridgehead atoms. The van der Waals surface area contributed by atoms with Gasteiger partial charge in [-0.05, 0) is 0 Å². The van der Waals surface area contributed by atoms with Crippen molar-refractivity contribution in [1.82, 2.24) is 5.32 Å². The summed E-state index contributed by atoms with van der Waals surface area (Å²) in [7, 11) is 0. The van der Waals surface area contributed by atoms with E-state index in [9.17, 15) is 4.79 Å². The van der Waals surface area contributed by atoms with Gasteiger partial charge in [-0.1, -0.05) is 0 Å². The van der Waals surface area contributed by atoms with Crippen molar-refractivity contribution < 1.29 is 4.79 Å². The first-order chi connectivity index (χ1) is 14.1. The number of carbonyl (C=O) groups excluding carboxylic acids is 1. The average molecular weight is 471 g/mol. The molecule has 0 fully saturated rings. The maximum atomic E-state index is 12.2. The Kier molecular flexibility index (Phi) is 7.23. The Bertz CT molecular complexity index is 820. The van der Waals surface area contributed by atoms with Crippen LogP contribution in [0.25, 0.3) is 0 Å². The topological polar surface area (TPSA) is 55.1 Å². The molecule has 0 spiro atoms. The van der Waals surface area contributed by atoms with Crippen molar-refractivity contribution in [3.8, 4) is 0 Å².